The first kappa shape index (κ1) is 15.6. The van der Waals surface area contributed by atoms with Crippen molar-refractivity contribution in [2.24, 2.45) is 11.8 Å². The molecule has 3 atom stereocenters. The second kappa shape index (κ2) is 6.56. The number of benzene rings is 2. The summed E-state index contributed by atoms with van der Waals surface area (Å²) in [4.78, 5) is 14.9. The highest BCUT2D eigenvalue weighted by molar-refractivity contribution is 5.85. The van der Waals surface area contributed by atoms with Crippen LogP contribution in [0, 0.1) is 11.8 Å². The molecule has 2 aromatic carbocycles. The average molecular weight is 323 g/mol. The molecule has 2 aromatic rings. The lowest BCUT2D eigenvalue weighted by molar-refractivity contribution is -0.133. The number of hydrogen-bond donors (Lipinski definition) is 0. The smallest absolute Gasteiger partial charge is 0.226 e. The number of nitrogens with zero attached hydrogens (tertiary/aromatic N) is 1. The quantitative estimate of drug-likeness (QED) is 0.837. The van der Waals surface area contributed by atoms with Crippen molar-refractivity contribution < 1.29 is 9.53 Å². The Bertz CT molecular complexity index is 735. The second-order valence-electron chi connectivity index (χ2n) is 7.16. The van der Waals surface area contributed by atoms with Crippen molar-refractivity contribution in [3.63, 3.8) is 0 Å². The fraction of sp³-hybridized carbons (Fsp3) is 0.476. The standard InChI is InChI=1S/C21H25NO2/c1-2-22(13-15-9-10-24-14-15)21(23)20-12-19(20)18-8-7-16-5-3-4-6-17(16)11-18/h3-8,11,15,19-20H,2,9-10,12-14H2,1H3. The third kappa shape index (κ3) is 3.05. The molecular formula is C21H25NO2. The summed E-state index contributed by atoms with van der Waals surface area (Å²) in [5.74, 6) is 1.43. The lowest BCUT2D eigenvalue weighted by Crippen LogP contribution is -2.36. The van der Waals surface area contributed by atoms with Crippen molar-refractivity contribution in [3.05, 3.63) is 48.0 Å². The van der Waals surface area contributed by atoms with E-state index < -0.39 is 0 Å². The van der Waals surface area contributed by atoms with Gasteiger partial charge in [0.15, 0.2) is 0 Å². The van der Waals surface area contributed by atoms with Gasteiger partial charge in [0.2, 0.25) is 5.91 Å². The number of ether oxygens (including phenoxy) is 1. The largest absolute Gasteiger partial charge is 0.381 e. The van der Waals surface area contributed by atoms with E-state index in [-0.39, 0.29) is 5.92 Å². The van der Waals surface area contributed by atoms with Crippen LogP contribution in [0.2, 0.25) is 0 Å². The Kier molecular flexibility index (Phi) is 4.28. The van der Waals surface area contributed by atoms with Crippen molar-refractivity contribution in [3.8, 4) is 0 Å². The number of amides is 1. The molecular weight excluding hydrogens is 298 g/mol. The molecule has 126 valence electrons. The Morgan fingerprint density at radius 1 is 1.21 bits per heavy atom. The van der Waals surface area contributed by atoms with Gasteiger partial charge in [0.05, 0.1) is 6.61 Å². The van der Waals surface area contributed by atoms with E-state index in [1.54, 1.807) is 0 Å². The molecule has 4 rings (SSSR count). The highest BCUT2D eigenvalue weighted by atomic mass is 16.5. The number of hydrogen-bond acceptors (Lipinski definition) is 2. The van der Waals surface area contributed by atoms with Gasteiger partial charge in [-0.1, -0.05) is 42.5 Å². The summed E-state index contributed by atoms with van der Waals surface area (Å²) in [5.41, 5.74) is 1.31. The van der Waals surface area contributed by atoms with Crippen LogP contribution in [0.5, 0.6) is 0 Å². The summed E-state index contributed by atoms with van der Waals surface area (Å²) in [5, 5.41) is 2.53. The molecule has 2 fully saturated rings. The lowest BCUT2D eigenvalue weighted by Gasteiger charge is -2.24. The van der Waals surface area contributed by atoms with Crippen molar-refractivity contribution in [2.75, 3.05) is 26.3 Å². The van der Waals surface area contributed by atoms with Gasteiger partial charge in [-0.15, -0.1) is 0 Å². The first-order valence-corrected chi connectivity index (χ1v) is 9.11. The molecule has 3 unspecified atom stereocenters. The van der Waals surface area contributed by atoms with Crippen LogP contribution >= 0.6 is 0 Å². The molecule has 1 saturated heterocycles. The highest BCUT2D eigenvalue weighted by Gasteiger charge is 2.45. The van der Waals surface area contributed by atoms with E-state index in [1.165, 1.54) is 16.3 Å². The zero-order valence-corrected chi connectivity index (χ0v) is 14.3. The Morgan fingerprint density at radius 2 is 2.04 bits per heavy atom. The molecule has 24 heavy (non-hydrogen) atoms. The summed E-state index contributed by atoms with van der Waals surface area (Å²) >= 11 is 0. The van der Waals surface area contributed by atoms with Crippen LogP contribution in [0.3, 0.4) is 0 Å². The third-order valence-electron chi connectivity index (χ3n) is 5.51. The van der Waals surface area contributed by atoms with Crippen LogP contribution in [-0.4, -0.2) is 37.1 Å². The van der Waals surface area contributed by atoms with Gasteiger partial charge in [0, 0.05) is 31.5 Å². The first-order chi connectivity index (χ1) is 11.8. The van der Waals surface area contributed by atoms with Gasteiger partial charge < -0.3 is 9.64 Å². The lowest BCUT2D eigenvalue weighted by atomic mass is 10.0. The summed E-state index contributed by atoms with van der Waals surface area (Å²) in [7, 11) is 0. The second-order valence-corrected chi connectivity index (χ2v) is 7.16. The molecule has 0 bridgehead atoms. The monoisotopic (exact) mass is 323 g/mol. The maximum absolute atomic E-state index is 12.9. The minimum Gasteiger partial charge on any atom is -0.381 e. The van der Waals surface area contributed by atoms with Crippen molar-refractivity contribution in [2.45, 2.75) is 25.7 Å². The number of fused-ring (bicyclic) bond motifs is 1. The van der Waals surface area contributed by atoms with Crippen LogP contribution in [0.25, 0.3) is 10.8 Å². The normalized spacial score (nSPS) is 25.8. The van der Waals surface area contributed by atoms with E-state index in [2.05, 4.69) is 49.4 Å². The van der Waals surface area contributed by atoms with Gasteiger partial charge in [-0.25, -0.2) is 0 Å². The van der Waals surface area contributed by atoms with E-state index >= 15 is 0 Å². The molecule has 0 radical (unpaired) electrons. The van der Waals surface area contributed by atoms with Gasteiger partial charge in [0.1, 0.15) is 0 Å². The zero-order valence-electron chi connectivity index (χ0n) is 14.3. The Balaban J connectivity index is 1.44. The number of carbonyl (C=O) groups excluding carboxylic acids is 1. The summed E-state index contributed by atoms with van der Waals surface area (Å²) in [6.07, 6.45) is 2.08. The maximum Gasteiger partial charge on any atom is 0.226 e. The van der Waals surface area contributed by atoms with Gasteiger partial charge in [-0.05, 0) is 42.0 Å². The molecule has 1 aliphatic carbocycles. The van der Waals surface area contributed by atoms with Gasteiger partial charge in [0.25, 0.3) is 0 Å². The van der Waals surface area contributed by atoms with Gasteiger partial charge in [-0.3, -0.25) is 4.79 Å². The summed E-state index contributed by atoms with van der Waals surface area (Å²) < 4.78 is 5.45. The van der Waals surface area contributed by atoms with Crippen LogP contribution in [-0.2, 0) is 9.53 Å². The fourth-order valence-electron chi connectivity index (χ4n) is 3.92. The van der Waals surface area contributed by atoms with Gasteiger partial charge in [-0.2, -0.15) is 0 Å². The fourth-order valence-corrected chi connectivity index (χ4v) is 3.92. The minimum atomic E-state index is 0.174. The Labute approximate surface area is 143 Å². The molecule has 3 heteroatoms. The average Bonchev–Trinajstić information content (AvgIpc) is 3.26. The number of rotatable bonds is 5. The predicted octanol–water partition coefficient (Wildman–Crippen LogP) is 3.83. The zero-order chi connectivity index (χ0) is 16.5. The van der Waals surface area contributed by atoms with E-state index in [1.807, 2.05) is 4.90 Å². The number of carbonyl (C=O) groups is 1. The third-order valence-corrected chi connectivity index (χ3v) is 5.51. The molecule has 0 spiro atoms. The molecule has 1 heterocycles. The minimum absolute atomic E-state index is 0.174. The maximum atomic E-state index is 12.9. The molecule has 1 amide bonds. The molecule has 3 nitrogen and oxygen atoms in total. The van der Waals surface area contributed by atoms with E-state index in [4.69, 9.17) is 4.74 Å². The molecule has 0 aromatic heterocycles. The summed E-state index contributed by atoms with van der Waals surface area (Å²) in [6, 6.07) is 15.1. The van der Waals surface area contributed by atoms with Crippen molar-refractivity contribution in [1.82, 2.24) is 4.90 Å². The van der Waals surface area contributed by atoms with Crippen molar-refractivity contribution in [1.29, 1.82) is 0 Å². The highest BCUT2D eigenvalue weighted by Crippen LogP contribution is 2.49. The first-order valence-electron chi connectivity index (χ1n) is 9.11. The molecule has 1 aliphatic heterocycles. The van der Waals surface area contributed by atoms with E-state index in [0.29, 0.717) is 17.7 Å². The Hall–Kier alpha value is -1.87. The van der Waals surface area contributed by atoms with Crippen LogP contribution < -0.4 is 0 Å². The molecule has 1 saturated carbocycles. The van der Waals surface area contributed by atoms with Gasteiger partial charge >= 0.3 is 0 Å². The van der Waals surface area contributed by atoms with E-state index in [9.17, 15) is 4.79 Å². The van der Waals surface area contributed by atoms with E-state index in [0.717, 1.165) is 39.1 Å². The molecule has 2 aliphatic rings. The topological polar surface area (TPSA) is 29.5 Å². The van der Waals surface area contributed by atoms with Crippen LogP contribution in [0.4, 0.5) is 0 Å². The van der Waals surface area contributed by atoms with Crippen LogP contribution in [0.15, 0.2) is 42.5 Å². The Morgan fingerprint density at radius 3 is 2.79 bits per heavy atom. The predicted molar refractivity (Wildman–Crippen MR) is 96.0 cm³/mol. The molecule has 0 N–H and O–H groups in total. The SMILES string of the molecule is CCN(CC1CCOC1)C(=O)C1CC1c1ccc2ccccc2c1. The van der Waals surface area contributed by atoms with Crippen molar-refractivity contribution >= 4 is 16.7 Å². The van der Waals surface area contributed by atoms with Crippen LogP contribution in [0.1, 0.15) is 31.2 Å². The summed E-state index contributed by atoms with van der Waals surface area (Å²) in [6.45, 7) is 5.40.